The molecule has 2 unspecified atom stereocenters. The summed E-state index contributed by atoms with van der Waals surface area (Å²) in [6, 6.07) is 12.5. The highest BCUT2D eigenvalue weighted by Crippen LogP contribution is 2.28. The van der Waals surface area contributed by atoms with Crippen molar-refractivity contribution < 1.29 is 18.6 Å². The molecule has 1 aliphatic rings. The van der Waals surface area contributed by atoms with Crippen LogP contribution in [0.3, 0.4) is 0 Å². The fraction of sp³-hybridized carbons (Fsp3) is 0.458. The predicted octanol–water partition coefficient (Wildman–Crippen LogP) is 4.43. The largest absolute Gasteiger partial charge is 0.493 e. The van der Waals surface area contributed by atoms with Crippen molar-refractivity contribution in [1.29, 1.82) is 0 Å². The molecule has 0 radical (unpaired) electrons. The number of aliphatic imine (C=N–C) groups is 1. The number of ether oxygens (including phenoxy) is 3. The Morgan fingerprint density at radius 2 is 1.84 bits per heavy atom. The van der Waals surface area contributed by atoms with Crippen molar-refractivity contribution in [2.75, 3.05) is 40.9 Å². The molecular weight excluding hydrogens is 524 g/mol. The van der Waals surface area contributed by atoms with Gasteiger partial charge in [0.25, 0.3) is 0 Å². The Bertz CT molecular complexity index is 879. The number of rotatable bonds is 7. The Kier molecular flexibility index (Phi) is 10.5. The number of guanidine groups is 1. The molecule has 0 spiro atoms. The van der Waals surface area contributed by atoms with Gasteiger partial charge >= 0.3 is 0 Å². The lowest BCUT2D eigenvalue weighted by molar-refractivity contribution is -0.0605. The molecule has 1 saturated heterocycles. The van der Waals surface area contributed by atoms with Crippen molar-refractivity contribution in [3.05, 3.63) is 59.4 Å². The van der Waals surface area contributed by atoms with Crippen LogP contribution in [0.2, 0.25) is 0 Å². The van der Waals surface area contributed by atoms with E-state index >= 15 is 0 Å². The first-order valence-corrected chi connectivity index (χ1v) is 10.6. The van der Waals surface area contributed by atoms with Gasteiger partial charge in [-0.3, -0.25) is 4.99 Å². The highest BCUT2D eigenvalue weighted by molar-refractivity contribution is 14.0. The highest BCUT2D eigenvalue weighted by Gasteiger charge is 2.28. The summed E-state index contributed by atoms with van der Waals surface area (Å²) < 4.78 is 30.0. The first-order valence-electron chi connectivity index (χ1n) is 10.6. The number of hydrogen-bond acceptors (Lipinski definition) is 4. The Morgan fingerprint density at radius 1 is 1.12 bits per heavy atom. The van der Waals surface area contributed by atoms with Gasteiger partial charge < -0.3 is 24.4 Å². The maximum Gasteiger partial charge on any atom is 0.193 e. The quantitative estimate of drug-likeness (QED) is 0.236. The third kappa shape index (κ3) is 6.96. The van der Waals surface area contributed by atoms with Crippen LogP contribution in [0.15, 0.2) is 47.5 Å². The molecule has 2 aromatic rings. The average Bonchev–Trinajstić information content (AvgIpc) is 2.79. The van der Waals surface area contributed by atoms with Crippen molar-refractivity contribution in [2.24, 2.45) is 4.99 Å². The second-order valence-corrected chi connectivity index (χ2v) is 7.66. The zero-order valence-corrected chi connectivity index (χ0v) is 21.5. The molecule has 176 valence electrons. The van der Waals surface area contributed by atoms with Crippen molar-refractivity contribution in [2.45, 2.75) is 32.0 Å². The first-order chi connectivity index (χ1) is 15.0. The topological polar surface area (TPSA) is 55.3 Å². The van der Waals surface area contributed by atoms with E-state index < -0.39 is 0 Å². The van der Waals surface area contributed by atoms with Gasteiger partial charge in [-0.05, 0) is 55.2 Å². The number of hydrogen-bond donors (Lipinski definition) is 1. The van der Waals surface area contributed by atoms with Gasteiger partial charge in [0.05, 0.1) is 26.9 Å². The van der Waals surface area contributed by atoms with E-state index in [9.17, 15) is 4.39 Å². The summed E-state index contributed by atoms with van der Waals surface area (Å²) in [5.41, 5.74) is 2.17. The molecule has 1 fully saturated rings. The van der Waals surface area contributed by atoms with Crippen molar-refractivity contribution in [3.8, 4) is 11.5 Å². The Balaban J connectivity index is 0.00000363. The number of morpholine rings is 1. The molecule has 0 amide bonds. The van der Waals surface area contributed by atoms with E-state index in [2.05, 4.69) is 21.3 Å². The summed E-state index contributed by atoms with van der Waals surface area (Å²) in [5.74, 6) is 2.10. The van der Waals surface area contributed by atoms with Crippen LogP contribution in [0.1, 0.15) is 30.6 Å². The van der Waals surface area contributed by atoms with Gasteiger partial charge in [-0.25, -0.2) is 4.39 Å². The molecule has 1 N–H and O–H groups in total. The molecule has 6 nitrogen and oxygen atoms in total. The number of aryl methyl sites for hydroxylation is 1. The van der Waals surface area contributed by atoms with Gasteiger partial charge in [0, 0.05) is 20.1 Å². The molecule has 2 aromatic carbocycles. The van der Waals surface area contributed by atoms with Crippen LogP contribution in [-0.2, 0) is 11.2 Å². The van der Waals surface area contributed by atoms with E-state index in [1.165, 1.54) is 17.7 Å². The van der Waals surface area contributed by atoms with Crippen molar-refractivity contribution >= 4 is 29.9 Å². The Morgan fingerprint density at radius 3 is 2.50 bits per heavy atom. The minimum absolute atomic E-state index is 0. The molecule has 32 heavy (non-hydrogen) atoms. The van der Waals surface area contributed by atoms with Crippen LogP contribution in [0, 0.1) is 5.82 Å². The maximum atomic E-state index is 13.3. The van der Waals surface area contributed by atoms with E-state index in [1.54, 1.807) is 33.4 Å². The van der Waals surface area contributed by atoms with Crippen molar-refractivity contribution in [1.82, 2.24) is 10.2 Å². The molecule has 0 aliphatic carbocycles. The van der Waals surface area contributed by atoms with Crippen LogP contribution < -0.4 is 14.8 Å². The Labute approximate surface area is 207 Å². The van der Waals surface area contributed by atoms with Gasteiger partial charge in [0.1, 0.15) is 11.9 Å². The van der Waals surface area contributed by atoms with E-state index in [4.69, 9.17) is 14.2 Å². The van der Waals surface area contributed by atoms with Gasteiger partial charge in [-0.1, -0.05) is 18.2 Å². The average molecular weight is 557 g/mol. The number of nitrogens with one attached hydrogen (secondary N) is 1. The summed E-state index contributed by atoms with van der Waals surface area (Å²) >= 11 is 0. The zero-order chi connectivity index (χ0) is 22.2. The Hall–Kier alpha value is -2.07. The number of benzene rings is 2. The lowest BCUT2D eigenvalue weighted by Crippen LogP contribution is -2.50. The number of halogens is 2. The highest BCUT2D eigenvalue weighted by atomic mass is 127. The summed E-state index contributed by atoms with van der Waals surface area (Å²) in [5, 5.41) is 3.47. The van der Waals surface area contributed by atoms with E-state index in [-0.39, 0.29) is 42.0 Å². The second-order valence-electron chi connectivity index (χ2n) is 7.66. The SMILES string of the molecule is CN=C(NCCCc1ccc(OC)c(OC)c1)N1CC(C)OC(c2ccc(F)cc2)C1.I. The summed E-state index contributed by atoms with van der Waals surface area (Å²) in [6.07, 6.45) is 1.81. The van der Waals surface area contributed by atoms with Crippen LogP contribution in [0.5, 0.6) is 11.5 Å². The minimum Gasteiger partial charge on any atom is -0.493 e. The van der Waals surface area contributed by atoms with E-state index in [0.717, 1.165) is 49.0 Å². The first kappa shape index (κ1) is 26.2. The third-order valence-corrected chi connectivity index (χ3v) is 5.39. The lowest BCUT2D eigenvalue weighted by atomic mass is 10.1. The number of nitrogens with zero attached hydrogens (tertiary/aromatic N) is 2. The molecule has 0 aromatic heterocycles. The lowest BCUT2D eigenvalue weighted by Gasteiger charge is -2.38. The standard InChI is InChI=1S/C24H32FN3O3.HI/c1-17-15-28(16-23(31-17)19-8-10-20(25)11-9-19)24(26-2)27-13-5-6-18-7-12-21(29-3)22(14-18)30-4;/h7-12,14,17,23H,5-6,13,15-16H2,1-4H3,(H,26,27);1H. The number of methoxy groups -OCH3 is 2. The fourth-order valence-electron chi connectivity index (χ4n) is 3.85. The van der Waals surface area contributed by atoms with E-state index in [0.29, 0.717) is 6.54 Å². The minimum atomic E-state index is -0.239. The van der Waals surface area contributed by atoms with Gasteiger partial charge in [-0.15, -0.1) is 24.0 Å². The molecule has 0 bridgehead atoms. The molecule has 1 heterocycles. The predicted molar refractivity (Wildman–Crippen MR) is 136 cm³/mol. The summed E-state index contributed by atoms with van der Waals surface area (Å²) in [7, 11) is 5.08. The van der Waals surface area contributed by atoms with E-state index in [1.807, 2.05) is 19.1 Å². The van der Waals surface area contributed by atoms with Gasteiger partial charge in [-0.2, -0.15) is 0 Å². The normalized spacial score (nSPS) is 18.7. The fourth-order valence-corrected chi connectivity index (χ4v) is 3.85. The summed E-state index contributed by atoms with van der Waals surface area (Å²) in [6.45, 7) is 4.28. The molecule has 3 rings (SSSR count). The van der Waals surface area contributed by atoms with Gasteiger partial charge in [0.2, 0.25) is 0 Å². The van der Waals surface area contributed by atoms with Crippen LogP contribution in [0.4, 0.5) is 4.39 Å². The summed E-state index contributed by atoms with van der Waals surface area (Å²) in [4.78, 5) is 6.67. The van der Waals surface area contributed by atoms with Crippen LogP contribution in [0.25, 0.3) is 0 Å². The molecule has 2 atom stereocenters. The smallest absolute Gasteiger partial charge is 0.193 e. The molecular formula is C24H33FIN3O3. The maximum absolute atomic E-state index is 13.3. The van der Waals surface area contributed by atoms with Crippen molar-refractivity contribution in [3.63, 3.8) is 0 Å². The molecule has 8 heteroatoms. The van der Waals surface area contributed by atoms with Crippen LogP contribution >= 0.6 is 24.0 Å². The molecule has 1 aliphatic heterocycles. The van der Waals surface area contributed by atoms with Crippen LogP contribution in [-0.4, -0.2) is 57.9 Å². The zero-order valence-electron chi connectivity index (χ0n) is 19.1. The van der Waals surface area contributed by atoms with Gasteiger partial charge in [0.15, 0.2) is 17.5 Å². The third-order valence-electron chi connectivity index (χ3n) is 5.39. The molecule has 0 saturated carbocycles. The second kappa shape index (κ2) is 12.8. The monoisotopic (exact) mass is 557 g/mol.